The first-order valence-electron chi connectivity index (χ1n) is 8.03. The number of benzene rings is 1. The van der Waals surface area contributed by atoms with Crippen molar-refractivity contribution in [3.63, 3.8) is 0 Å². The van der Waals surface area contributed by atoms with E-state index in [1.165, 1.54) is 6.07 Å². The Balaban J connectivity index is 2.04. The maximum Gasteiger partial charge on any atom is 0.314 e. The molecule has 1 aliphatic rings. The van der Waals surface area contributed by atoms with Crippen LogP contribution in [0.3, 0.4) is 0 Å². The number of aryl methyl sites for hydroxylation is 1. The summed E-state index contributed by atoms with van der Waals surface area (Å²) in [5.74, 6) is 0.489. The van der Waals surface area contributed by atoms with Gasteiger partial charge in [0.1, 0.15) is 11.6 Å². The number of urea groups is 1. The van der Waals surface area contributed by atoms with Crippen LogP contribution in [0.5, 0.6) is 0 Å². The zero-order valence-electron chi connectivity index (χ0n) is 13.9. The lowest BCUT2D eigenvalue weighted by Crippen LogP contribution is -2.51. The number of halogens is 1. The minimum Gasteiger partial charge on any atom is -0.353 e. The molecule has 6 nitrogen and oxygen atoms in total. The van der Waals surface area contributed by atoms with Crippen molar-refractivity contribution < 1.29 is 9.18 Å². The third kappa shape index (κ3) is 2.87. The van der Waals surface area contributed by atoms with Crippen molar-refractivity contribution in [2.24, 2.45) is 11.5 Å². The number of carbonyl (C=O) groups excluding carboxylic acids is 1. The number of fused-ring (bicyclic) bond motifs is 1. The van der Waals surface area contributed by atoms with Gasteiger partial charge in [0.15, 0.2) is 0 Å². The minimum absolute atomic E-state index is 0.198. The zero-order valence-corrected chi connectivity index (χ0v) is 13.9. The predicted molar refractivity (Wildman–Crippen MR) is 92.4 cm³/mol. The largest absolute Gasteiger partial charge is 0.353 e. The Bertz CT molecular complexity index is 784. The van der Waals surface area contributed by atoms with Crippen LogP contribution in [0.2, 0.25) is 0 Å². The maximum atomic E-state index is 13.9. The van der Waals surface area contributed by atoms with Gasteiger partial charge in [-0.1, -0.05) is 0 Å². The van der Waals surface area contributed by atoms with Gasteiger partial charge >= 0.3 is 6.03 Å². The lowest BCUT2D eigenvalue weighted by atomic mass is 10.0. The number of amides is 2. The lowest BCUT2D eigenvalue weighted by Gasteiger charge is -2.36. The molecular weight excluding hydrogens is 309 g/mol. The molecule has 1 aliphatic heterocycles. The van der Waals surface area contributed by atoms with E-state index in [0.29, 0.717) is 37.3 Å². The summed E-state index contributed by atoms with van der Waals surface area (Å²) < 4.78 is 13.9. The van der Waals surface area contributed by atoms with Crippen LogP contribution in [0.25, 0.3) is 10.9 Å². The molecular formula is C17H22FN5O. The summed E-state index contributed by atoms with van der Waals surface area (Å²) in [6.07, 6.45) is 0. The van der Waals surface area contributed by atoms with Crippen LogP contribution in [-0.4, -0.2) is 42.1 Å². The van der Waals surface area contributed by atoms with Crippen LogP contribution in [0.4, 0.5) is 15.0 Å². The number of nitrogens with two attached hydrogens (primary N) is 2. The molecule has 1 aromatic carbocycles. The fourth-order valence-corrected chi connectivity index (χ4v) is 3.09. The summed E-state index contributed by atoms with van der Waals surface area (Å²) in [6, 6.07) is 4.55. The number of pyridine rings is 1. The molecule has 0 unspecified atom stereocenters. The third-order valence-corrected chi connectivity index (χ3v) is 4.56. The molecule has 1 fully saturated rings. The molecule has 2 heterocycles. The number of rotatable bonds is 2. The molecule has 2 aromatic rings. The highest BCUT2D eigenvalue weighted by atomic mass is 19.1. The van der Waals surface area contributed by atoms with E-state index in [1.807, 2.05) is 13.0 Å². The van der Waals surface area contributed by atoms with Gasteiger partial charge in [0.25, 0.3) is 0 Å². The van der Waals surface area contributed by atoms with E-state index in [4.69, 9.17) is 16.5 Å². The van der Waals surface area contributed by atoms with Crippen molar-refractivity contribution in [2.45, 2.75) is 19.9 Å². The first-order chi connectivity index (χ1) is 11.4. The number of nitrogens with zero attached hydrogens (tertiary/aromatic N) is 3. The normalized spacial score (nSPS) is 16.5. The smallest absolute Gasteiger partial charge is 0.314 e. The Morgan fingerprint density at radius 2 is 1.96 bits per heavy atom. The Labute approximate surface area is 140 Å². The van der Waals surface area contributed by atoms with Crippen LogP contribution in [0.15, 0.2) is 18.2 Å². The molecule has 24 heavy (non-hydrogen) atoms. The summed E-state index contributed by atoms with van der Waals surface area (Å²) in [5.41, 5.74) is 13.6. The van der Waals surface area contributed by atoms with Crippen LogP contribution < -0.4 is 16.4 Å². The first kappa shape index (κ1) is 16.4. The molecule has 1 atom stereocenters. The Hall–Kier alpha value is -2.41. The summed E-state index contributed by atoms with van der Waals surface area (Å²) >= 11 is 0. The molecule has 3 rings (SSSR count). The first-order valence-corrected chi connectivity index (χ1v) is 8.03. The quantitative estimate of drug-likeness (QED) is 0.880. The number of hydrogen-bond acceptors (Lipinski definition) is 4. The van der Waals surface area contributed by atoms with Crippen molar-refractivity contribution in [1.29, 1.82) is 0 Å². The van der Waals surface area contributed by atoms with Crippen molar-refractivity contribution in [1.82, 2.24) is 9.88 Å². The fraction of sp³-hybridized carbons (Fsp3) is 0.412. The average molecular weight is 331 g/mol. The molecule has 0 aliphatic carbocycles. The fourth-order valence-electron chi connectivity index (χ4n) is 3.09. The van der Waals surface area contributed by atoms with E-state index in [2.05, 4.69) is 4.90 Å². The van der Waals surface area contributed by atoms with Crippen molar-refractivity contribution in [3.05, 3.63) is 35.1 Å². The summed E-state index contributed by atoms with van der Waals surface area (Å²) in [6.45, 7) is 5.95. The van der Waals surface area contributed by atoms with E-state index >= 15 is 0 Å². The molecule has 1 saturated heterocycles. The number of carbonyl (C=O) groups is 1. The predicted octanol–water partition coefficient (Wildman–Crippen LogP) is 1.90. The average Bonchev–Trinajstić information content (AvgIpc) is 2.57. The molecule has 7 heteroatoms. The van der Waals surface area contributed by atoms with Gasteiger partial charge in [0, 0.05) is 48.7 Å². The molecule has 4 N–H and O–H groups in total. The maximum absolute atomic E-state index is 13.9. The number of anilines is 1. The van der Waals surface area contributed by atoms with E-state index in [-0.39, 0.29) is 11.9 Å². The Morgan fingerprint density at radius 3 is 2.54 bits per heavy atom. The summed E-state index contributed by atoms with van der Waals surface area (Å²) in [7, 11) is 0. The zero-order chi connectivity index (χ0) is 17.4. The number of aromatic nitrogens is 1. The van der Waals surface area contributed by atoms with Crippen molar-refractivity contribution in [2.75, 3.05) is 31.1 Å². The van der Waals surface area contributed by atoms with Gasteiger partial charge in [0.2, 0.25) is 0 Å². The highest BCUT2D eigenvalue weighted by Gasteiger charge is 2.24. The third-order valence-electron chi connectivity index (χ3n) is 4.56. The number of piperazine rings is 1. The van der Waals surface area contributed by atoms with Crippen molar-refractivity contribution in [3.8, 4) is 0 Å². The molecule has 0 spiro atoms. The Morgan fingerprint density at radius 1 is 1.29 bits per heavy atom. The molecule has 0 bridgehead atoms. The standard InChI is InChI=1S/C17H22FN5O/c1-10-14(18)4-3-12-9-13(11(2)19)16(21-15(10)12)22-5-7-23(8-6-22)17(20)24/h3-4,9,11H,5-8,19H2,1-2H3,(H2,20,24)/t11-/m0/s1. The van der Waals surface area contributed by atoms with Gasteiger partial charge in [-0.25, -0.2) is 14.2 Å². The molecule has 0 saturated carbocycles. The highest BCUT2D eigenvalue weighted by Crippen LogP contribution is 2.30. The van der Waals surface area contributed by atoms with E-state index in [0.717, 1.165) is 16.8 Å². The number of hydrogen-bond donors (Lipinski definition) is 2. The van der Waals surface area contributed by atoms with Gasteiger partial charge in [-0.2, -0.15) is 0 Å². The second kappa shape index (κ2) is 6.24. The molecule has 1 aromatic heterocycles. The van der Waals surface area contributed by atoms with Crippen LogP contribution in [0.1, 0.15) is 24.1 Å². The topological polar surface area (TPSA) is 88.5 Å². The second-order valence-corrected chi connectivity index (χ2v) is 6.25. The monoisotopic (exact) mass is 331 g/mol. The Kier molecular flexibility index (Phi) is 4.28. The van der Waals surface area contributed by atoms with E-state index in [9.17, 15) is 9.18 Å². The lowest BCUT2D eigenvalue weighted by molar-refractivity contribution is 0.204. The minimum atomic E-state index is -0.411. The second-order valence-electron chi connectivity index (χ2n) is 6.25. The molecule has 128 valence electrons. The van der Waals surface area contributed by atoms with Crippen LogP contribution in [-0.2, 0) is 0 Å². The molecule has 2 amide bonds. The van der Waals surface area contributed by atoms with Crippen LogP contribution >= 0.6 is 0 Å². The van der Waals surface area contributed by atoms with E-state index < -0.39 is 6.03 Å². The van der Waals surface area contributed by atoms with Gasteiger partial charge in [-0.3, -0.25) is 0 Å². The van der Waals surface area contributed by atoms with Crippen LogP contribution in [0, 0.1) is 12.7 Å². The van der Waals surface area contributed by atoms with Gasteiger partial charge in [0.05, 0.1) is 5.52 Å². The van der Waals surface area contributed by atoms with Gasteiger partial charge in [-0.05, 0) is 32.0 Å². The van der Waals surface area contributed by atoms with Gasteiger partial charge < -0.3 is 21.3 Å². The highest BCUT2D eigenvalue weighted by molar-refractivity contribution is 5.85. The van der Waals surface area contributed by atoms with Gasteiger partial charge in [-0.15, -0.1) is 0 Å². The number of primary amides is 1. The molecule has 0 radical (unpaired) electrons. The van der Waals surface area contributed by atoms with E-state index in [1.54, 1.807) is 17.9 Å². The SMILES string of the molecule is Cc1c(F)ccc2cc([C@H](C)N)c(N3CCN(C(N)=O)CC3)nc12. The van der Waals surface area contributed by atoms with Crippen molar-refractivity contribution >= 4 is 22.8 Å². The summed E-state index contributed by atoms with van der Waals surface area (Å²) in [4.78, 5) is 19.7. The summed E-state index contributed by atoms with van der Waals surface area (Å²) in [5, 5.41) is 0.876.